The Labute approximate surface area is 288 Å². The number of unbranched alkanes of at least 4 members (excludes halogenated alkanes) is 1. The summed E-state index contributed by atoms with van der Waals surface area (Å²) in [5.41, 5.74) is 2.24. The Morgan fingerprint density at radius 2 is 1.83 bits per heavy atom. The molecule has 1 N–H and O–H groups in total. The lowest BCUT2D eigenvalue weighted by molar-refractivity contribution is -0.144. The number of ether oxygens (including phenoxy) is 5. The van der Waals surface area contributed by atoms with Crippen molar-refractivity contribution in [3.05, 3.63) is 58.6 Å². The number of anilines is 2. The topological polar surface area (TPSA) is 130 Å². The molecular weight excluding hydrogens is 640 g/mol. The van der Waals surface area contributed by atoms with Crippen LogP contribution in [0.3, 0.4) is 0 Å². The minimum Gasteiger partial charge on any atom is -0.466 e. The molecule has 0 spiro atoms. The van der Waals surface area contributed by atoms with Crippen LogP contribution in [0.5, 0.6) is 0 Å². The van der Waals surface area contributed by atoms with Gasteiger partial charge in [0.15, 0.2) is 0 Å². The van der Waals surface area contributed by atoms with Gasteiger partial charge in [0.05, 0.1) is 38.4 Å². The Morgan fingerprint density at radius 1 is 1.06 bits per heavy atom. The number of nitrogens with zero attached hydrogens (tertiary/aromatic N) is 1. The molecule has 0 saturated carbocycles. The van der Waals surface area contributed by atoms with E-state index in [0.29, 0.717) is 54.4 Å². The maximum Gasteiger partial charge on any atom is 0.305 e. The summed E-state index contributed by atoms with van der Waals surface area (Å²) in [5, 5.41) is 3.39. The van der Waals surface area contributed by atoms with Crippen molar-refractivity contribution in [1.82, 2.24) is 0 Å². The van der Waals surface area contributed by atoms with E-state index in [9.17, 15) is 19.2 Å². The van der Waals surface area contributed by atoms with Gasteiger partial charge in [-0.05, 0) is 62.1 Å². The van der Waals surface area contributed by atoms with Gasteiger partial charge < -0.3 is 33.9 Å². The Kier molecular flexibility index (Phi) is 15.3. The van der Waals surface area contributed by atoms with E-state index in [0.717, 1.165) is 18.4 Å². The van der Waals surface area contributed by atoms with Gasteiger partial charge in [0.2, 0.25) is 5.91 Å². The molecule has 0 aliphatic carbocycles. The van der Waals surface area contributed by atoms with Gasteiger partial charge in [-0.25, -0.2) is 0 Å². The SMILES string of the molecule is CCOC(=O)CCCCc1cccc(NC(=O)C[C@H]2O[C@@H](CC(COC)OC)c3cc(Cl)ccc3N(CC(C)(C)COC(C)=O)C2=O)c1. The lowest BCUT2D eigenvalue weighted by atomic mass is 9.92. The Hall–Kier alpha value is -3.51. The molecule has 11 nitrogen and oxygen atoms in total. The summed E-state index contributed by atoms with van der Waals surface area (Å²) in [7, 11) is 3.15. The van der Waals surface area contributed by atoms with Crippen LogP contribution < -0.4 is 10.2 Å². The van der Waals surface area contributed by atoms with E-state index < -0.39 is 35.4 Å². The van der Waals surface area contributed by atoms with Crippen LogP contribution in [-0.2, 0) is 49.3 Å². The second kappa shape index (κ2) is 18.9. The maximum atomic E-state index is 14.3. The highest BCUT2D eigenvalue weighted by Crippen LogP contribution is 2.40. The van der Waals surface area contributed by atoms with Crippen LogP contribution in [-0.4, -0.2) is 76.5 Å². The van der Waals surface area contributed by atoms with Crippen LogP contribution >= 0.6 is 11.6 Å². The highest BCUT2D eigenvalue weighted by Gasteiger charge is 2.40. The zero-order chi connectivity index (χ0) is 35.3. The molecule has 0 fully saturated rings. The van der Waals surface area contributed by atoms with Gasteiger partial charge in [-0.3, -0.25) is 19.2 Å². The van der Waals surface area contributed by atoms with Gasteiger partial charge in [0.1, 0.15) is 6.10 Å². The molecule has 0 aromatic heterocycles. The molecule has 0 bridgehead atoms. The van der Waals surface area contributed by atoms with Crippen LogP contribution in [0.4, 0.5) is 11.4 Å². The standard InChI is InChI=1S/C36H49ClN2O9/c1-7-46-34(42)14-9-8-11-25-12-10-13-27(17-25)38-33(41)20-32-35(43)39(22-36(3,4)23-47-24(2)40)30-16-15-26(37)18-29(30)31(48-32)19-28(45-6)21-44-5/h10,12-13,15-18,28,31-32H,7-9,11,14,19-23H2,1-6H3,(H,38,41)/t28?,31-,32+/m0/s1. The molecule has 2 aromatic carbocycles. The summed E-state index contributed by atoms with van der Waals surface area (Å²) >= 11 is 6.46. The molecule has 1 aliphatic rings. The third kappa shape index (κ3) is 12.2. The van der Waals surface area contributed by atoms with Crippen molar-refractivity contribution in [2.24, 2.45) is 5.41 Å². The molecular formula is C36H49ClN2O9. The highest BCUT2D eigenvalue weighted by atomic mass is 35.5. The number of methoxy groups -OCH3 is 2. The van der Waals surface area contributed by atoms with Crippen molar-refractivity contribution in [2.45, 2.75) is 84.5 Å². The summed E-state index contributed by atoms with van der Waals surface area (Å²) < 4.78 is 27.8. The fourth-order valence-electron chi connectivity index (χ4n) is 5.58. The number of carbonyl (C=O) groups is 4. The summed E-state index contributed by atoms with van der Waals surface area (Å²) in [6, 6.07) is 12.7. The van der Waals surface area contributed by atoms with Crippen molar-refractivity contribution in [1.29, 1.82) is 0 Å². The van der Waals surface area contributed by atoms with Gasteiger partial charge in [-0.2, -0.15) is 0 Å². The first-order chi connectivity index (χ1) is 22.8. The van der Waals surface area contributed by atoms with Crippen molar-refractivity contribution in [3.8, 4) is 0 Å². The Balaban J connectivity index is 1.85. The lowest BCUT2D eigenvalue weighted by Crippen LogP contribution is -2.46. The third-order valence-corrected chi connectivity index (χ3v) is 8.13. The molecule has 1 aliphatic heterocycles. The van der Waals surface area contributed by atoms with Gasteiger partial charge in [0.25, 0.3) is 5.91 Å². The summed E-state index contributed by atoms with van der Waals surface area (Å²) in [4.78, 5) is 52.6. The fourth-order valence-corrected chi connectivity index (χ4v) is 5.76. The van der Waals surface area contributed by atoms with Crippen LogP contribution in [0.1, 0.15) is 77.0 Å². The monoisotopic (exact) mass is 688 g/mol. The van der Waals surface area contributed by atoms with Crippen LogP contribution in [0.15, 0.2) is 42.5 Å². The molecule has 0 saturated heterocycles. The van der Waals surface area contributed by atoms with Gasteiger partial charge in [0, 0.05) is 67.9 Å². The molecule has 1 heterocycles. The van der Waals surface area contributed by atoms with E-state index in [4.69, 9.17) is 35.3 Å². The number of carbonyl (C=O) groups excluding carboxylic acids is 4. The number of amides is 2. The zero-order valence-electron chi connectivity index (χ0n) is 28.8. The number of rotatable bonds is 18. The number of hydrogen-bond donors (Lipinski definition) is 1. The number of fused-ring (bicyclic) bond motifs is 1. The predicted octanol–water partition coefficient (Wildman–Crippen LogP) is 6.06. The Morgan fingerprint density at radius 3 is 2.52 bits per heavy atom. The maximum absolute atomic E-state index is 14.3. The van der Waals surface area contributed by atoms with Crippen molar-refractivity contribution in [2.75, 3.05) is 50.8 Å². The largest absolute Gasteiger partial charge is 0.466 e. The van der Waals surface area contributed by atoms with E-state index in [-0.39, 0.29) is 31.6 Å². The summed E-state index contributed by atoms with van der Waals surface area (Å²) in [5.74, 6) is -1.41. The zero-order valence-corrected chi connectivity index (χ0v) is 29.6. The smallest absolute Gasteiger partial charge is 0.305 e. The number of nitrogens with one attached hydrogen (secondary N) is 1. The molecule has 264 valence electrons. The summed E-state index contributed by atoms with van der Waals surface area (Å²) in [6.45, 7) is 7.85. The lowest BCUT2D eigenvalue weighted by Gasteiger charge is -2.33. The van der Waals surface area contributed by atoms with Crippen LogP contribution in [0.2, 0.25) is 5.02 Å². The second-order valence-corrected chi connectivity index (χ2v) is 13.1. The minimum absolute atomic E-state index is 0.0865. The number of esters is 2. The molecule has 0 radical (unpaired) electrons. The molecule has 12 heteroatoms. The summed E-state index contributed by atoms with van der Waals surface area (Å²) in [6.07, 6.45) is 0.535. The predicted molar refractivity (Wildman–Crippen MR) is 183 cm³/mol. The quantitative estimate of drug-likeness (QED) is 0.147. The normalized spacial score (nSPS) is 16.9. The average molecular weight is 689 g/mol. The van der Waals surface area contributed by atoms with Gasteiger partial charge in [-0.15, -0.1) is 0 Å². The number of benzene rings is 2. The third-order valence-electron chi connectivity index (χ3n) is 7.90. The molecule has 1 unspecified atom stereocenters. The number of aryl methyl sites for hydroxylation is 1. The van der Waals surface area contributed by atoms with Crippen molar-refractivity contribution >= 4 is 46.7 Å². The molecule has 2 aromatic rings. The van der Waals surface area contributed by atoms with Crippen molar-refractivity contribution < 1.29 is 42.9 Å². The average Bonchev–Trinajstić information content (AvgIpc) is 3.12. The van der Waals surface area contributed by atoms with E-state index in [1.165, 1.54) is 6.92 Å². The van der Waals surface area contributed by atoms with Gasteiger partial charge >= 0.3 is 11.9 Å². The fraction of sp³-hybridized carbons (Fsp3) is 0.556. The van der Waals surface area contributed by atoms with Crippen molar-refractivity contribution in [3.63, 3.8) is 0 Å². The number of halogens is 1. The number of hydrogen-bond acceptors (Lipinski definition) is 9. The molecule has 3 rings (SSSR count). The van der Waals surface area contributed by atoms with Crippen LogP contribution in [0.25, 0.3) is 0 Å². The highest BCUT2D eigenvalue weighted by molar-refractivity contribution is 6.30. The van der Waals surface area contributed by atoms with E-state index in [1.807, 2.05) is 32.0 Å². The minimum atomic E-state index is -1.14. The van der Waals surface area contributed by atoms with E-state index in [1.54, 1.807) is 50.3 Å². The second-order valence-electron chi connectivity index (χ2n) is 12.7. The van der Waals surface area contributed by atoms with E-state index in [2.05, 4.69) is 5.32 Å². The first-order valence-electron chi connectivity index (χ1n) is 16.3. The van der Waals surface area contributed by atoms with E-state index >= 15 is 0 Å². The molecule has 2 amide bonds. The molecule has 3 atom stereocenters. The molecule has 48 heavy (non-hydrogen) atoms. The first-order valence-corrected chi connectivity index (χ1v) is 16.7. The van der Waals surface area contributed by atoms with Crippen LogP contribution in [0, 0.1) is 5.41 Å². The van der Waals surface area contributed by atoms with Gasteiger partial charge in [-0.1, -0.05) is 37.6 Å². The first kappa shape index (κ1) is 38.9. The Bertz CT molecular complexity index is 1400.